The highest BCUT2D eigenvalue weighted by Crippen LogP contribution is 2.17. The van der Waals surface area contributed by atoms with Gasteiger partial charge in [-0.05, 0) is 5.39 Å². The summed E-state index contributed by atoms with van der Waals surface area (Å²) in [4.78, 5) is 4.11. The number of fused-ring (bicyclic) bond motifs is 1. The maximum atomic E-state index is 4.11. The largest absolute Gasteiger partial charge is 0.263 e. The lowest BCUT2D eigenvalue weighted by Gasteiger charge is -1.99. The molecule has 0 fully saturated rings. The maximum Gasteiger partial charge on any atom is 0.0346 e. The number of benzene rings is 1. The van der Waals surface area contributed by atoms with E-state index in [1.165, 1.54) is 5.39 Å². The highest BCUT2D eigenvalue weighted by molar-refractivity contribution is 5.89. The van der Waals surface area contributed by atoms with Crippen LogP contribution in [0.1, 0.15) is 5.56 Å². The molecule has 0 bridgehead atoms. The van der Waals surface area contributed by atoms with Gasteiger partial charge in [0.2, 0.25) is 0 Å². The van der Waals surface area contributed by atoms with Gasteiger partial charge in [0.1, 0.15) is 0 Å². The predicted octanol–water partition coefficient (Wildman–Crippen LogP) is 2.88. The Kier molecular flexibility index (Phi) is 1.63. The fourth-order valence-electron chi connectivity index (χ4n) is 1.30. The van der Waals surface area contributed by atoms with Crippen LogP contribution in [0.2, 0.25) is 0 Å². The lowest BCUT2D eigenvalue weighted by molar-refractivity contribution is 1.35. The molecule has 0 unspecified atom stereocenters. The van der Waals surface area contributed by atoms with Gasteiger partial charge in [0.25, 0.3) is 0 Å². The highest BCUT2D eigenvalue weighted by atomic mass is 14.6. The third-order valence-corrected chi connectivity index (χ3v) is 1.92. The van der Waals surface area contributed by atoms with Crippen molar-refractivity contribution in [2.75, 3.05) is 0 Å². The molecular weight excluding hydrogens is 146 g/mol. The normalized spacial score (nSPS) is 10.0. The number of nitrogens with zero attached hydrogens (tertiary/aromatic N) is 1. The molecule has 1 aromatic carbocycles. The Morgan fingerprint density at radius 3 is 2.83 bits per heavy atom. The van der Waals surface area contributed by atoms with Crippen molar-refractivity contribution in [1.29, 1.82) is 0 Å². The molecule has 0 aliphatic carbocycles. The van der Waals surface area contributed by atoms with E-state index >= 15 is 0 Å². The first-order chi connectivity index (χ1) is 5.92. The molecule has 0 atom stereocenters. The van der Waals surface area contributed by atoms with Gasteiger partial charge >= 0.3 is 0 Å². The van der Waals surface area contributed by atoms with Crippen molar-refractivity contribution in [1.82, 2.24) is 4.98 Å². The summed E-state index contributed by atoms with van der Waals surface area (Å²) in [7, 11) is 0. The van der Waals surface area contributed by atoms with Gasteiger partial charge in [-0.1, -0.05) is 36.9 Å². The first-order valence-electron chi connectivity index (χ1n) is 3.87. The quantitative estimate of drug-likeness (QED) is 0.617. The lowest BCUT2D eigenvalue weighted by atomic mass is 10.1. The fraction of sp³-hybridized carbons (Fsp3) is 0. The van der Waals surface area contributed by atoms with Crippen molar-refractivity contribution in [3.05, 3.63) is 48.8 Å². The van der Waals surface area contributed by atoms with Crippen molar-refractivity contribution >= 4 is 16.8 Å². The van der Waals surface area contributed by atoms with E-state index in [-0.39, 0.29) is 0 Å². The molecule has 1 aromatic heterocycles. The van der Waals surface area contributed by atoms with Gasteiger partial charge < -0.3 is 0 Å². The minimum absolute atomic E-state index is 1.09. The summed E-state index contributed by atoms with van der Waals surface area (Å²) in [5.74, 6) is 0. The molecule has 0 N–H and O–H groups in total. The van der Waals surface area contributed by atoms with E-state index in [0.29, 0.717) is 0 Å². The van der Waals surface area contributed by atoms with E-state index in [4.69, 9.17) is 0 Å². The van der Waals surface area contributed by atoms with E-state index in [1.807, 2.05) is 30.6 Å². The number of hydrogen-bond acceptors (Lipinski definition) is 1. The Bertz CT molecular complexity index is 413. The molecule has 0 aliphatic heterocycles. The molecule has 12 heavy (non-hydrogen) atoms. The third kappa shape index (κ3) is 0.996. The average molecular weight is 155 g/mol. The summed E-state index contributed by atoms with van der Waals surface area (Å²) in [6.07, 6.45) is 5.52. The first kappa shape index (κ1) is 7.04. The molecule has 1 nitrogen and oxygen atoms in total. The summed E-state index contributed by atoms with van der Waals surface area (Å²) >= 11 is 0. The molecule has 58 valence electrons. The molecule has 0 saturated heterocycles. The van der Waals surface area contributed by atoms with Crippen LogP contribution < -0.4 is 0 Å². The Hall–Kier alpha value is -1.63. The van der Waals surface area contributed by atoms with E-state index in [0.717, 1.165) is 10.9 Å². The molecule has 0 radical (unpaired) electrons. The van der Waals surface area contributed by atoms with Crippen LogP contribution in [0.15, 0.2) is 43.2 Å². The van der Waals surface area contributed by atoms with Gasteiger partial charge in [0.05, 0.1) is 0 Å². The van der Waals surface area contributed by atoms with Crippen molar-refractivity contribution in [2.45, 2.75) is 0 Å². The summed E-state index contributed by atoms with van der Waals surface area (Å²) in [5, 5.41) is 2.37. The summed E-state index contributed by atoms with van der Waals surface area (Å²) < 4.78 is 0. The maximum absolute atomic E-state index is 4.11. The molecule has 2 aromatic rings. The fourth-order valence-corrected chi connectivity index (χ4v) is 1.30. The number of hydrogen-bond donors (Lipinski definition) is 0. The Labute approximate surface area is 71.4 Å². The summed E-state index contributed by atoms with van der Waals surface area (Å²) in [5.41, 5.74) is 1.09. The van der Waals surface area contributed by atoms with E-state index in [9.17, 15) is 0 Å². The van der Waals surface area contributed by atoms with Gasteiger partial charge in [-0.2, -0.15) is 0 Å². The van der Waals surface area contributed by atoms with Gasteiger partial charge in [-0.25, -0.2) is 0 Å². The van der Waals surface area contributed by atoms with E-state index in [2.05, 4.69) is 23.7 Å². The molecular formula is C11H9N. The predicted molar refractivity (Wildman–Crippen MR) is 51.8 cm³/mol. The van der Waals surface area contributed by atoms with Crippen LogP contribution in [-0.2, 0) is 0 Å². The number of pyridine rings is 1. The van der Waals surface area contributed by atoms with Crippen molar-refractivity contribution in [3.8, 4) is 0 Å². The number of rotatable bonds is 1. The topological polar surface area (TPSA) is 12.9 Å². The van der Waals surface area contributed by atoms with Gasteiger partial charge in [0.15, 0.2) is 0 Å². The summed E-state index contributed by atoms with van der Waals surface area (Å²) in [6.45, 7) is 3.74. The molecule has 1 heterocycles. The second kappa shape index (κ2) is 2.78. The van der Waals surface area contributed by atoms with E-state index in [1.54, 1.807) is 0 Å². The standard InChI is InChI=1S/C11H9N/c1-2-9-7-12-8-10-5-3-4-6-11(9)10/h2-8H,1H2. The average Bonchev–Trinajstić information content (AvgIpc) is 2.17. The zero-order valence-corrected chi connectivity index (χ0v) is 6.70. The van der Waals surface area contributed by atoms with Crippen molar-refractivity contribution < 1.29 is 0 Å². The monoisotopic (exact) mass is 155 g/mol. The van der Waals surface area contributed by atoms with Crippen molar-refractivity contribution in [3.63, 3.8) is 0 Å². The van der Waals surface area contributed by atoms with Crippen LogP contribution in [0.25, 0.3) is 16.8 Å². The molecule has 2 rings (SSSR count). The smallest absolute Gasteiger partial charge is 0.0346 e. The SMILES string of the molecule is C=Cc1cncc2ccccc12. The zero-order valence-electron chi connectivity index (χ0n) is 6.70. The Morgan fingerprint density at radius 2 is 2.00 bits per heavy atom. The van der Waals surface area contributed by atoms with Crippen LogP contribution in [-0.4, -0.2) is 4.98 Å². The molecule has 0 spiro atoms. The van der Waals surface area contributed by atoms with Gasteiger partial charge in [0, 0.05) is 23.3 Å². The van der Waals surface area contributed by atoms with Crippen LogP contribution in [0.3, 0.4) is 0 Å². The minimum atomic E-state index is 1.09. The van der Waals surface area contributed by atoms with Gasteiger partial charge in [-0.3, -0.25) is 4.98 Å². The zero-order chi connectivity index (χ0) is 8.39. The van der Waals surface area contributed by atoms with Crippen LogP contribution in [0.4, 0.5) is 0 Å². The van der Waals surface area contributed by atoms with Crippen molar-refractivity contribution in [2.24, 2.45) is 0 Å². The molecule has 0 aliphatic rings. The lowest BCUT2D eigenvalue weighted by Crippen LogP contribution is -1.79. The number of aromatic nitrogens is 1. The second-order valence-corrected chi connectivity index (χ2v) is 2.65. The highest BCUT2D eigenvalue weighted by Gasteiger charge is 1.94. The molecule has 1 heteroatoms. The minimum Gasteiger partial charge on any atom is -0.263 e. The molecule has 0 amide bonds. The first-order valence-corrected chi connectivity index (χ1v) is 3.87. The summed E-state index contributed by atoms with van der Waals surface area (Å²) in [6, 6.07) is 8.16. The Balaban J connectivity index is 2.88. The van der Waals surface area contributed by atoms with Crippen LogP contribution in [0.5, 0.6) is 0 Å². The van der Waals surface area contributed by atoms with Crippen LogP contribution >= 0.6 is 0 Å². The van der Waals surface area contributed by atoms with Gasteiger partial charge in [-0.15, -0.1) is 0 Å². The Morgan fingerprint density at radius 1 is 1.17 bits per heavy atom. The van der Waals surface area contributed by atoms with E-state index < -0.39 is 0 Å². The molecule has 0 saturated carbocycles. The van der Waals surface area contributed by atoms with Crippen LogP contribution in [0, 0.1) is 0 Å². The second-order valence-electron chi connectivity index (χ2n) is 2.65. The third-order valence-electron chi connectivity index (χ3n) is 1.92.